The van der Waals surface area contributed by atoms with Crippen molar-refractivity contribution < 1.29 is 80.2 Å². The van der Waals surface area contributed by atoms with Gasteiger partial charge in [-0.15, -0.1) is 0 Å². The summed E-state index contributed by atoms with van der Waals surface area (Å²) in [6.07, 6.45) is 63.8. The quantitative estimate of drug-likeness (QED) is 0.0128. The summed E-state index contributed by atoms with van der Waals surface area (Å²) in [4.78, 5) is 72.7. The van der Waals surface area contributed by atoms with E-state index in [2.05, 4.69) is 76.3 Å². The number of carbonyl (C=O) groups is 4. The van der Waals surface area contributed by atoms with Crippen LogP contribution in [0.1, 0.15) is 349 Å². The zero-order valence-electron chi connectivity index (χ0n) is 59.9. The van der Waals surface area contributed by atoms with Gasteiger partial charge in [0.05, 0.1) is 26.4 Å². The first-order valence-corrected chi connectivity index (χ1v) is 40.9. The van der Waals surface area contributed by atoms with Gasteiger partial charge >= 0.3 is 39.5 Å². The molecule has 0 aliphatic carbocycles. The largest absolute Gasteiger partial charge is 0.472 e. The minimum absolute atomic E-state index is 0.0804. The molecule has 0 rings (SSSR count). The van der Waals surface area contributed by atoms with Crippen LogP contribution in [0, 0.1) is 0 Å². The summed E-state index contributed by atoms with van der Waals surface area (Å²) in [6, 6.07) is 0. The van der Waals surface area contributed by atoms with Gasteiger partial charge in [-0.2, -0.15) is 0 Å². The van der Waals surface area contributed by atoms with E-state index in [1.165, 1.54) is 128 Å². The maximum Gasteiger partial charge on any atom is 0.472 e. The van der Waals surface area contributed by atoms with Crippen LogP contribution >= 0.6 is 15.6 Å². The Morgan fingerprint density at radius 3 is 0.809 bits per heavy atom. The van der Waals surface area contributed by atoms with E-state index in [1.54, 1.807) is 0 Å². The Bertz CT molecular complexity index is 1980. The summed E-state index contributed by atoms with van der Waals surface area (Å²) in [7, 11) is -9.93. The average molecular weight is 1370 g/mol. The fraction of sp³-hybridized carbons (Fsp3) is 0.840. The summed E-state index contributed by atoms with van der Waals surface area (Å²) in [5, 5.41) is 10.6. The van der Waals surface area contributed by atoms with Crippen LogP contribution in [0.3, 0.4) is 0 Å². The third-order valence-electron chi connectivity index (χ3n) is 16.3. The number of ether oxygens (including phenoxy) is 4. The molecule has 0 aliphatic rings. The van der Waals surface area contributed by atoms with Gasteiger partial charge in [0, 0.05) is 25.7 Å². The highest BCUT2D eigenvalue weighted by Crippen LogP contribution is 2.45. The van der Waals surface area contributed by atoms with E-state index in [4.69, 9.17) is 37.0 Å². The molecule has 0 saturated heterocycles. The first-order chi connectivity index (χ1) is 45.7. The second kappa shape index (κ2) is 68.5. The highest BCUT2D eigenvalue weighted by atomic mass is 31.2. The van der Waals surface area contributed by atoms with Crippen molar-refractivity contribution in [1.82, 2.24) is 0 Å². The van der Waals surface area contributed by atoms with Gasteiger partial charge in [0.15, 0.2) is 12.2 Å². The molecule has 0 aliphatic heterocycles. The lowest BCUT2D eigenvalue weighted by Gasteiger charge is -2.21. The van der Waals surface area contributed by atoms with Gasteiger partial charge in [-0.05, 0) is 103 Å². The Kier molecular flexibility index (Phi) is 66.4. The predicted octanol–water partition coefficient (Wildman–Crippen LogP) is 21.3. The van der Waals surface area contributed by atoms with E-state index in [0.29, 0.717) is 25.7 Å². The number of rotatable bonds is 72. The van der Waals surface area contributed by atoms with Gasteiger partial charge in [-0.1, -0.05) is 269 Å². The van der Waals surface area contributed by atoms with Gasteiger partial charge in [0.25, 0.3) is 0 Å². The number of aliphatic hydroxyl groups is 1. The molecule has 5 atom stereocenters. The van der Waals surface area contributed by atoms with Crippen molar-refractivity contribution in [2.45, 2.75) is 367 Å². The minimum atomic E-state index is -4.97. The van der Waals surface area contributed by atoms with Crippen LogP contribution in [0.5, 0.6) is 0 Å². The zero-order chi connectivity index (χ0) is 69.0. The number of phosphoric acid groups is 2. The van der Waals surface area contributed by atoms with Gasteiger partial charge in [0.1, 0.15) is 19.3 Å². The fourth-order valence-corrected chi connectivity index (χ4v) is 12.0. The molecule has 0 amide bonds. The van der Waals surface area contributed by atoms with Gasteiger partial charge in [-0.3, -0.25) is 37.3 Å². The van der Waals surface area contributed by atoms with Crippen molar-refractivity contribution in [2.75, 3.05) is 39.6 Å². The van der Waals surface area contributed by atoms with Crippen molar-refractivity contribution >= 4 is 39.5 Å². The number of hydrogen-bond donors (Lipinski definition) is 3. The van der Waals surface area contributed by atoms with E-state index in [1.807, 2.05) is 0 Å². The second-order valence-electron chi connectivity index (χ2n) is 25.6. The van der Waals surface area contributed by atoms with Crippen LogP contribution in [0.15, 0.2) is 48.6 Å². The number of allylic oxidation sites excluding steroid dienone is 8. The zero-order valence-corrected chi connectivity index (χ0v) is 61.7. The molecule has 19 heteroatoms. The molecule has 550 valence electrons. The Morgan fingerprint density at radius 1 is 0.298 bits per heavy atom. The third-order valence-corrected chi connectivity index (χ3v) is 18.2. The van der Waals surface area contributed by atoms with Crippen molar-refractivity contribution in [3.05, 3.63) is 48.6 Å². The Hall–Kier alpha value is -2.98. The normalized spacial score (nSPS) is 14.2. The summed E-state index contributed by atoms with van der Waals surface area (Å²) < 4.78 is 68.4. The summed E-state index contributed by atoms with van der Waals surface area (Å²) in [5.41, 5.74) is 0. The molecule has 0 radical (unpaired) electrons. The van der Waals surface area contributed by atoms with Crippen molar-refractivity contribution in [3.63, 3.8) is 0 Å². The lowest BCUT2D eigenvalue weighted by atomic mass is 10.0. The van der Waals surface area contributed by atoms with E-state index in [9.17, 15) is 43.2 Å². The summed E-state index contributed by atoms with van der Waals surface area (Å²) in [5.74, 6) is -2.18. The van der Waals surface area contributed by atoms with E-state index >= 15 is 0 Å². The minimum Gasteiger partial charge on any atom is -0.462 e. The fourth-order valence-electron chi connectivity index (χ4n) is 10.4. The number of phosphoric ester groups is 2. The molecule has 94 heavy (non-hydrogen) atoms. The Labute approximate surface area is 572 Å². The number of carbonyl (C=O) groups excluding carboxylic acids is 4. The number of hydrogen-bond acceptors (Lipinski definition) is 15. The van der Waals surface area contributed by atoms with Gasteiger partial charge < -0.3 is 33.8 Å². The molecule has 0 aromatic rings. The van der Waals surface area contributed by atoms with Crippen LogP contribution in [0.2, 0.25) is 0 Å². The van der Waals surface area contributed by atoms with Gasteiger partial charge in [-0.25, -0.2) is 9.13 Å². The Morgan fingerprint density at radius 2 is 0.521 bits per heavy atom. The molecule has 0 spiro atoms. The SMILES string of the molecule is CCCCCC/C=C\C=C/CCCCCCCC(=O)O[C@H](COC(=O)CCCCCCC/C=C\CCCCCC)COP(=O)(O)OC[C@H](O)COP(=O)(O)OC[C@@H](COC(=O)CCCCCCC/C=C\CCCCCC)OC(=O)CCCCCCCCCCCCCCC. The van der Waals surface area contributed by atoms with Crippen molar-refractivity contribution in [1.29, 1.82) is 0 Å². The molecule has 0 fully saturated rings. The van der Waals surface area contributed by atoms with Crippen LogP contribution in [0.25, 0.3) is 0 Å². The van der Waals surface area contributed by atoms with Crippen LogP contribution in [-0.2, 0) is 65.4 Å². The molecular formula is C75H138O17P2. The molecule has 0 heterocycles. The highest BCUT2D eigenvalue weighted by Gasteiger charge is 2.30. The van der Waals surface area contributed by atoms with Crippen molar-refractivity contribution in [3.8, 4) is 0 Å². The van der Waals surface area contributed by atoms with E-state index < -0.39 is 97.5 Å². The number of aliphatic hydroxyl groups excluding tert-OH is 1. The topological polar surface area (TPSA) is 237 Å². The van der Waals surface area contributed by atoms with Gasteiger partial charge in [0.2, 0.25) is 0 Å². The molecule has 0 saturated carbocycles. The van der Waals surface area contributed by atoms with Crippen LogP contribution in [-0.4, -0.2) is 96.7 Å². The monoisotopic (exact) mass is 1370 g/mol. The average Bonchev–Trinajstić information content (AvgIpc) is 2.26. The molecule has 2 unspecified atom stereocenters. The third kappa shape index (κ3) is 67.6. The second-order valence-corrected chi connectivity index (χ2v) is 28.5. The first-order valence-electron chi connectivity index (χ1n) is 37.9. The van der Waals surface area contributed by atoms with E-state index in [-0.39, 0.29) is 25.7 Å². The molecule has 0 bridgehead atoms. The summed E-state index contributed by atoms with van der Waals surface area (Å²) >= 11 is 0. The maximum absolute atomic E-state index is 13.1. The predicted molar refractivity (Wildman–Crippen MR) is 381 cm³/mol. The first kappa shape index (κ1) is 91.0. The lowest BCUT2D eigenvalue weighted by molar-refractivity contribution is -0.161. The Balaban J connectivity index is 5.33. The maximum atomic E-state index is 13.1. The summed E-state index contributed by atoms with van der Waals surface area (Å²) in [6.45, 7) is 4.84. The molecular weight excluding hydrogens is 1230 g/mol. The molecule has 0 aromatic carbocycles. The smallest absolute Gasteiger partial charge is 0.462 e. The molecule has 3 N–H and O–H groups in total. The molecule has 0 aromatic heterocycles. The lowest BCUT2D eigenvalue weighted by Crippen LogP contribution is -2.30. The standard InChI is InChI=1S/C75H138O17P2/c1-5-9-13-17-21-25-29-33-34-38-42-46-50-54-58-62-75(80)92-71(66-86-73(78)60-56-52-48-44-40-36-31-27-23-19-15-11-7-3)68-90-94(83,84)88-64-69(76)63-87-93(81,82)89-67-70(91-74(79)61-57-53-49-45-41-37-32-28-24-20-16-12-8-4)65-85-72(77)59-55-51-47-43-39-35-30-26-22-18-14-10-6-2/h25-27,29-31,33-34,69-71,76H,5-24,28,32,35-68H2,1-4H3,(H,81,82)(H,83,84)/b29-25-,30-26-,31-27-,34-33-/t69-,70-,71-/m1/s1. The number of unbranched alkanes of at least 4 members (excludes halogenated alkanes) is 39. The highest BCUT2D eigenvalue weighted by molar-refractivity contribution is 7.47. The molecule has 17 nitrogen and oxygen atoms in total. The van der Waals surface area contributed by atoms with Crippen LogP contribution < -0.4 is 0 Å². The van der Waals surface area contributed by atoms with Crippen molar-refractivity contribution in [2.24, 2.45) is 0 Å². The number of esters is 4. The van der Waals surface area contributed by atoms with E-state index in [0.717, 1.165) is 141 Å². The van der Waals surface area contributed by atoms with Crippen LogP contribution in [0.4, 0.5) is 0 Å².